The van der Waals surface area contributed by atoms with Gasteiger partial charge < -0.3 is 5.73 Å². The highest BCUT2D eigenvalue weighted by atomic mass is 32.4. The van der Waals surface area contributed by atoms with Crippen molar-refractivity contribution in [3.8, 4) is 11.3 Å². The van der Waals surface area contributed by atoms with Crippen LogP contribution < -0.4 is 5.73 Å². The molecule has 11 heteroatoms. The first-order valence-electron chi connectivity index (χ1n) is 7.30. The van der Waals surface area contributed by atoms with Crippen LogP contribution in [0.5, 0.6) is 0 Å². The summed E-state index contributed by atoms with van der Waals surface area (Å²) in [6.45, 7) is 1.89. The number of carbonyl (C=O) groups is 1. The number of benzene rings is 1. The lowest BCUT2D eigenvalue weighted by atomic mass is 10.0. The highest BCUT2D eigenvalue weighted by molar-refractivity contribution is 8.50. The largest absolute Gasteiger partial charge is 0.368 e. The van der Waals surface area contributed by atoms with Gasteiger partial charge in [0.1, 0.15) is 6.04 Å². The second-order valence-electron chi connectivity index (χ2n) is 5.26. The van der Waals surface area contributed by atoms with Gasteiger partial charge >= 0.3 is 0 Å². The fourth-order valence-corrected chi connectivity index (χ4v) is 5.45. The Kier molecular flexibility index (Phi) is 8.85. The molecule has 132 valence electrons. The van der Waals surface area contributed by atoms with Gasteiger partial charge in [-0.3, -0.25) is 9.54 Å². The van der Waals surface area contributed by atoms with Crippen LogP contribution in [0, 0.1) is 6.92 Å². The number of nitrogen functional groups attached to an aromatic ring is 1. The molecule has 0 aliphatic rings. The first kappa shape index (κ1) is 21.3. The van der Waals surface area contributed by atoms with Crippen molar-refractivity contribution < 1.29 is 4.79 Å². The van der Waals surface area contributed by atoms with E-state index < -0.39 is 7.30 Å². The maximum Gasteiger partial charge on any atom is 0.220 e. The molecule has 2 N–H and O–H groups in total. The molecule has 4 unspecified atom stereocenters. The Bertz CT molecular complexity index is 748. The van der Waals surface area contributed by atoms with E-state index in [1.807, 2.05) is 37.3 Å². The maximum atomic E-state index is 12.4. The molecule has 0 fully saturated rings. The molecule has 0 aliphatic carbocycles. The highest BCUT2D eigenvalue weighted by Crippen LogP contribution is 2.55. The number of hydrogen-bond donors (Lipinski definition) is 1. The first-order chi connectivity index (χ1) is 11.9. The van der Waals surface area contributed by atoms with Gasteiger partial charge in [-0.15, -0.1) is 8.93 Å². The van der Waals surface area contributed by atoms with Gasteiger partial charge in [0, 0.05) is 33.0 Å². The quantitative estimate of drug-likeness (QED) is 0.604. The van der Waals surface area contributed by atoms with E-state index in [-0.39, 0.29) is 17.5 Å². The predicted molar refractivity (Wildman–Crippen MR) is 123 cm³/mol. The Labute approximate surface area is 159 Å². The summed E-state index contributed by atoms with van der Waals surface area (Å²) >= 11 is 0. The molecule has 2 aromatic rings. The van der Waals surface area contributed by atoms with Gasteiger partial charge in [0.2, 0.25) is 5.95 Å². The van der Waals surface area contributed by atoms with E-state index in [9.17, 15) is 4.79 Å². The van der Waals surface area contributed by atoms with E-state index >= 15 is 0 Å². The van der Waals surface area contributed by atoms with Crippen LogP contribution in [-0.2, 0) is 11.2 Å². The summed E-state index contributed by atoms with van der Waals surface area (Å²) in [5.41, 5.74) is 9.60. The van der Waals surface area contributed by atoms with Crippen molar-refractivity contribution in [2.75, 3.05) is 5.73 Å². The highest BCUT2D eigenvalue weighted by Gasteiger charge is 2.21. The standard InChI is InChI=1S/C14H20N4OP6/c1-8-6-11(17-14(15)16-8)10-4-2-9(3-5-10)7-12(18-23-24-20)13(19)25(21)22/h2-6,12,24H,7,20-22H2,1H3,(H2,15,16,17)/t12-/m0/s1. The zero-order chi connectivity index (χ0) is 18.4. The molecule has 2 rings (SSSR count). The summed E-state index contributed by atoms with van der Waals surface area (Å²) < 4.78 is 4.53. The van der Waals surface area contributed by atoms with Gasteiger partial charge in [-0.2, -0.15) is 0 Å². The molecule has 1 aromatic heterocycles. The zero-order valence-electron chi connectivity index (χ0n) is 13.6. The minimum absolute atomic E-state index is 0.184. The molecule has 0 spiro atoms. The molecule has 5 nitrogen and oxygen atoms in total. The molecule has 0 radical (unpaired) electrons. The van der Waals surface area contributed by atoms with E-state index in [0.29, 0.717) is 14.4 Å². The van der Waals surface area contributed by atoms with Crippen molar-refractivity contribution in [1.82, 2.24) is 9.97 Å². The Morgan fingerprint density at radius 3 is 2.60 bits per heavy atom. The Balaban J connectivity index is 2.20. The lowest BCUT2D eigenvalue weighted by molar-refractivity contribution is -0.112. The third kappa shape index (κ3) is 6.60. The maximum absolute atomic E-state index is 12.4. The molecule has 25 heavy (non-hydrogen) atoms. The molecule has 0 saturated carbocycles. The molecular formula is C14H20N4OP6. The van der Waals surface area contributed by atoms with Gasteiger partial charge in [0.25, 0.3) is 0 Å². The first-order valence-corrected chi connectivity index (χ1v) is 16.4. The van der Waals surface area contributed by atoms with E-state index in [0.717, 1.165) is 30.6 Å². The topological polar surface area (TPSA) is 81.2 Å². The van der Waals surface area contributed by atoms with Crippen LogP contribution in [0.4, 0.5) is 5.95 Å². The van der Waals surface area contributed by atoms with Crippen LogP contribution in [0.3, 0.4) is 0 Å². The van der Waals surface area contributed by atoms with Crippen LogP contribution in [0.1, 0.15) is 11.3 Å². The normalized spacial score (nSPS) is 13.2. The molecular weight excluding hydrogens is 426 g/mol. The Hall–Kier alpha value is 0.0200. The number of carbonyl (C=O) groups excluding carboxylic acids is 1. The summed E-state index contributed by atoms with van der Waals surface area (Å²) in [5.74, 6) is 0.273. The van der Waals surface area contributed by atoms with E-state index in [4.69, 9.17) is 5.73 Å². The van der Waals surface area contributed by atoms with Gasteiger partial charge in [-0.05, 0) is 26.5 Å². The molecule has 0 bridgehead atoms. The number of nitrogens with zero attached hydrogens (tertiary/aromatic N) is 3. The SMILES string of the molecule is Cc1cc(-c2ccc(C[C@H](/N=P/PP)C(=O)P(P)P)cc2)nc(N)n1. The number of hydrogen-bond acceptors (Lipinski definition) is 5. The minimum atomic E-state index is -0.802. The van der Waals surface area contributed by atoms with Gasteiger partial charge in [0.05, 0.1) is 5.69 Å². The van der Waals surface area contributed by atoms with Gasteiger partial charge in [-0.1, -0.05) is 42.1 Å². The van der Waals surface area contributed by atoms with Crippen molar-refractivity contribution in [2.45, 2.75) is 19.4 Å². The summed E-state index contributed by atoms with van der Waals surface area (Å²) in [4.78, 5) is 20.7. The molecule has 0 aliphatic heterocycles. The van der Waals surface area contributed by atoms with Crippen LogP contribution in [0.2, 0.25) is 0 Å². The summed E-state index contributed by atoms with van der Waals surface area (Å²) in [5, 5.41) is 0. The van der Waals surface area contributed by atoms with E-state index in [1.54, 1.807) is 0 Å². The second kappa shape index (κ2) is 10.4. The summed E-state index contributed by atoms with van der Waals surface area (Å²) in [6.07, 6.45) is 0.619. The number of anilines is 1. The van der Waals surface area contributed by atoms with Crippen molar-refractivity contribution >= 4 is 61.6 Å². The van der Waals surface area contributed by atoms with E-state index in [1.165, 1.54) is 0 Å². The van der Waals surface area contributed by atoms with E-state index in [2.05, 4.69) is 41.5 Å². The third-order valence-electron chi connectivity index (χ3n) is 3.34. The van der Waals surface area contributed by atoms with Gasteiger partial charge in [-0.25, -0.2) is 9.97 Å². The number of aromatic nitrogens is 2. The lowest BCUT2D eigenvalue weighted by Crippen LogP contribution is -2.16. The summed E-state index contributed by atoms with van der Waals surface area (Å²) in [7, 11) is 8.60. The fraction of sp³-hybridized carbons (Fsp3) is 0.214. The summed E-state index contributed by atoms with van der Waals surface area (Å²) in [6, 6.07) is 9.65. The number of nitrogens with two attached hydrogens (primary N) is 1. The molecule has 5 atom stereocenters. The average Bonchev–Trinajstić information content (AvgIpc) is 2.57. The van der Waals surface area contributed by atoms with Crippen LogP contribution in [0.25, 0.3) is 11.3 Å². The molecule has 1 heterocycles. The third-order valence-corrected chi connectivity index (χ3v) is 7.92. The number of aryl methyl sites for hydroxylation is 1. The smallest absolute Gasteiger partial charge is 0.220 e. The van der Waals surface area contributed by atoms with Crippen molar-refractivity contribution in [3.63, 3.8) is 0 Å². The number of rotatable bonds is 7. The fourth-order valence-electron chi connectivity index (χ4n) is 2.23. The average molecular weight is 446 g/mol. The van der Waals surface area contributed by atoms with Crippen molar-refractivity contribution in [1.29, 1.82) is 0 Å². The van der Waals surface area contributed by atoms with Crippen LogP contribution in [0.15, 0.2) is 35.1 Å². The Morgan fingerprint density at radius 2 is 2.04 bits per heavy atom. The second-order valence-corrected chi connectivity index (χ2v) is 16.0. The minimum Gasteiger partial charge on any atom is -0.368 e. The van der Waals surface area contributed by atoms with Crippen LogP contribution in [-0.4, -0.2) is 21.5 Å². The Morgan fingerprint density at radius 1 is 1.36 bits per heavy atom. The molecule has 1 aromatic carbocycles. The molecule has 0 amide bonds. The van der Waals surface area contributed by atoms with Crippen LogP contribution >= 0.6 is 50.1 Å². The lowest BCUT2D eigenvalue weighted by Gasteiger charge is -2.13. The van der Waals surface area contributed by atoms with Gasteiger partial charge in [0.15, 0.2) is 5.52 Å². The zero-order valence-corrected chi connectivity index (χ0v) is 19.9. The van der Waals surface area contributed by atoms with Crippen molar-refractivity contribution in [3.05, 3.63) is 41.6 Å². The molecule has 0 saturated heterocycles. The predicted octanol–water partition coefficient (Wildman–Crippen LogP) is 5.05. The monoisotopic (exact) mass is 446 g/mol. The van der Waals surface area contributed by atoms with Crippen molar-refractivity contribution in [2.24, 2.45) is 4.74 Å².